The molecule has 2 aromatic rings. The van der Waals surface area contributed by atoms with Crippen molar-refractivity contribution in [2.75, 3.05) is 13.1 Å². The molecule has 3 fully saturated rings. The number of aryl methyl sites for hydroxylation is 1. The van der Waals surface area contributed by atoms with E-state index in [1.807, 2.05) is 18.3 Å². The van der Waals surface area contributed by atoms with Crippen molar-refractivity contribution in [2.24, 2.45) is 11.8 Å². The Morgan fingerprint density at radius 3 is 3.00 bits per heavy atom. The van der Waals surface area contributed by atoms with Crippen LogP contribution in [0.15, 0.2) is 43.1 Å². The molecule has 0 spiro atoms. The number of aromatic nitrogens is 1. The van der Waals surface area contributed by atoms with E-state index in [1.54, 1.807) is 0 Å². The third-order valence-electron chi connectivity index (χ3n) is 5.77. The van der Waals surface area contributed by atoms with Crippen molar-refractivity contribution in [3.63, 3.8) is 0 Å². The minimum absolute atomic E-state index is 0.219. The highest BCUT2D eigenvalue weighted by molar-refractivity contribution is 5.83. The molecule has 0 amide bonds. The molecule has 4 heterocycles. The monoisotopic (exact) mass is 308 g/mol. The van der Waals surface area contributed by atoms with Crippen LogP contribution in [0.25, 0.3) is 10.9 Å². The Bertz CT molecular complexity index is 741. The predicted octanol–water partition coefficient (Wildman–Crippen LogP) is 3.47. The molecule has 3 nitrogen and oxygen atoms in total. The fourth-order valence-electron chi connectivity index (χ4n) is 4.45. The molecule has 0 unspecified atom stereocenters. The van der Waals surface area contributed by atoms with Gasteiger partial charge in [0.15, 0.2) is 0 Å². The van der Waals surface area contributed by atoms with Crippen molar-refractivity contribution in [3.8, 4) is 0 Å². The zero-order valence-electron chi connectivity index (χ0n) is 13.7. The molecule has 5 atom stereocenters. The topological polar surface area (TPSA) is 36.4 Å². The zero-order valence-corrected chi connectivity index (χ0v) is 13.7. The first-order valence-electron chi connectivity index (χ1n) is 8.57. The van der Waals surface area contributed by atoms with Gasteiger partial charge in [-0.2, -0.15) is 0 Å². The Kier molecular flexibility index (Phi) is 3.70. The predicted molar refractivity (Wildman–Crippen MR) is 93.2 cm³/mol. The first-order valence-corrected chi connectivity index (χ1v) is 8.57. The van der Waals surface area contributed by atoms with E-state index >= 15 is 0 Å². The van der Waals surface area contributed by atoms with E-state index in [9.17, 15) is 5.11 Å². The molecule has 23 heavy (non-hydrogen) atoms. The molecule has 1 aromatic carbocycles. The number of pyridine rings is 1. The van der Waals surface area contributed by atoms with Gasteiger partial charge < -0.3 is 5.11 Å². The molecule has 120 valence electrons. The normalized spacial score (nSPS) is 31.2. The number of benzene rings is 1. The van der Waals surface area contributed by atoms with Gasteiger partial charge in [0.05, 0.1) is 11.6 Å². The fourth-order valence-corrected chi connectivity index (χ4v) is 4.45. The lowest BCUT2D eigenvalue weighted by Crippen LogP contribution is -2.54. The van der Waals surface area contributed by atoms with Crippen LogP contribution in [0.1, 0.15) is 30.1 Å². The largest absolute Gasteiger partial charge is 0.387 e. The summed E-state index contributed by atoms with van der Waals surface area (Å²) in [5.41, 5.74) is 3.19. The second-order valence-corrected chi connectivity index (χ2v) is 7.11. The molecular formula is C20H24N2O. The van der Waals surface area contributed by atoms with Crippen LogP contribution in [0.3, 0.4) is 0 Å². The van der Waals surface area contributed by atoms with Crippen molar-refractivity contribution in [2.45, 2.75) is 31.9 Å². The summed E-state index contributed by atoms with van der Waals surface area (Å²) in [7, 11) is 0. The Balaban J connectivity index is 1.69. The summed E-state index contributed by atoms with van der Waals surface area (Å²) in [5, 5.41) is 12.2. The number of rotatable bonds is 3. The molecule has 1 N–H and O–H groups in total. The summed E-state index contributed by atoms with van der Waals surface area (Å²) in [6.45, 7) is 8.21. The van der Waals surface area contributed by atoms with E-state index in [0.717, 1.165) is 36.0 Å². The molecule has 0 saturated carbocycles. The van der Waals surface area contributed by atoms with Crippen LogP contribution in [0.5, 0.6) is 0 Å². The lowest BCUT2D eigenvalue weighted by molar-refractivity contribution is -0.0444. The maximum atomic E-state index is 11.1. The standard InChI is InChI=1S/C20H24N2O/c1-3-14-12-22-9-7-15(14)11-19(22)20(23)16-6-8-21-18-5-4-13(2)10-17(16)18/h3-6,8,10,14-15,19-20,23H,1,7,9,11-12H2,2H3/t14-,15-,19-,20+/m0/s1. The Labute approximate surface area is 137 Å². The van der Waals surface area contributed by atoms with Gasteiger partial charge in [0, 0.05) is 24.2 Å². The summed E-state index contributed by atoms with van der Waals surface area (Å²) < 4.78 is 0. The third kappa shape index (κ3) is 2.48. The average molecular weight is 308 g/mol. The number of aliphatic hydroxyl groups excluding tert-OH is 1. The summed E-state index contributed by atoms with van der Waals surface area (Å²) in [4.78, 5) is 6.90. The van der Waals surface area contributed by atoms with Gasteiger partial charge in [-0.05, 0) is 61.9 Å². The maximum Gasteiger partial charge on any atom is 0.0952 e. The van der Waals surface area contributed by atoms with E-state index in [2.05, 4.69) is 41.6 Å². The van der Waals surface area contributed by atoms with Gasteiger partial charge in [-0.15, -0.1) is 6.58 Å². The summed E-state index contributed by atoms with van der Waals surface area (Å²) in [6, 6.07) is 8.47. The van der Waals surface area contributed by atoms with Crippen molar-refractivity contribution in [1.29, 1.82) is 0 Å². The quantitative estimate of drug-likeness (QED) is 0.882. The lowest BCUT2D eigenvalue weighted by Gasteiger charge is -2.50. The van der Waals surface area contributed by atoms with Crippen molar-refractivity contribution >= 4 is 10.9 Å². The molecule has 0 aliphatic carbocycles. The van der Waals surface area contributed by atoms with Gasteiger partial charge in [-0.25, -0.2) is 0 Å². The number of aliphatic hydroxyl groups is 1. The van der Waals surface area contributed by atoms with Crippen LogP contribution in [0.4, 0.5) is 0 Å². The minimum Gasteiger partial charge on any atom is -0.387 e. The molecule has 3 aliphatic rings. The number of piperidine rings is 3. The number of fused-ring (bicyclic) bond motifs is 4. The summed E-state index contributed by atoms with van der Waals surface area (Å²) >= 11 is 0. The minimum atomic E-state index is -0.448. The van der Waals surface area contributed by atoms with Crippen LogP contribution in [0, 0.1) is 18.8 Å². The maximum absolute atomic E-state index is 11.1. The molecule has 3 aliphatic heterocycles. The molecule has 0 radical (unpaired) electrons. The van der Waals surface area contributed by atoms with Crippen molar-refractivity contribution < 1.29 is 5.11 Å². The van der Waals surface area contributed by atoms with E-state index < -0.39 is 6.10 Å². The van der Waals surface area contributed by atoms with Crippen LogP contribution < -0.4 is 0 Å². The summed E-state index contributed by atoms with van der Waals surface area (Å²) in [6.07, 6.45) is 5.77. The van der Waals surface area contributed by atoms with Gasteiger partial charge in [-0.3, -0.25) is 9.88 Å². The Morgan fingerprint density at radius 2 is 2.26 bits per heavy atom. The second-order valence-electron chi connectivity index (χ2n) is 7.11. The van der Waals surface area contributed by atoms with Gasteiger partial charge in [-0.1, -0.05) is 17.7 Å². The first kappa shape index (κ1) is 14.9. The zero-order chi connectivity index (χ0) is 16.0. The van der Waals surface area contributed by atoms with Crippen LogP contribution >= 0.6 is 0 Å². The molecular weight excluding hydrogens is 284 g/mol. The van der Waals surface area contributed by atoms with Crippen molar-refractivity contribution in [3.05, 3.63) is 54.2 Å². The van der Waals surface area contributed by atoms with Crippen LogP contribution in [0.2, 0.25) is 0 Å². The average Bonchev–Trinajstić information content (AvgIpc) is 2.60. The number of hydrogen-bond donors (Lipinski definition) is 1. The van der Waals surface area contributed by atoms with E-state index in [1.165, 1.54) is 12.0 Å². The molecule has 3 heteroatoms. The van der Waals surface area contributed by atoms with Gasteiger partial charge in [0.25, 0.3) is 0 Å². The van der Waals surface area contributed by atoms with E-state index in [-0.39, 0.29) is 6.04 Å². The second kappa shape index (κ2) is 5.73. The fraction of sp³-hybridized carbons (Fsp3) is 0.450. The Morgan fingerprint density at radius 1 is 1.39 bits per heavy atom. The van der Waals surface area contributed by atoms with Crippen LogP contribution in [-0.2, 0) is 0 Å². The van der Waals surface area contributed by atoms with E-state index in [0.29, 0.717) is 11.8 Å². The number of hydrogen-bond acceptors (Lipinski definition) is 3. The first-order chi connectivity index (χ1) is 11.2. The van der Waals surface area contributed by atoms with Gasteiger partial charge >= 0.3 is 0 Å². The Hall–Kier alpha value is -1.71. The molecule has 2 bridgehead atoms. The highest BCUT2D eigenvalue weighted by Crippen LogP contribution is 2.41. The molecule has 3 saturated heterocycles. The van der Waals surface area contributed by atoms with Crippen LogP contribution in [-0.4, -0.2) is 34.1 Å². The van der Waals surface area contributed by atoms with E-state index in [4.69, 9.17) is 0 Å². The SMILES string of the molecule is C=C[C@H]1C[N@]2CC[C@H]1C[C@H]2[C@H](O)c1ccnc2ccc(C)cc12. The highest BCUT2D eigenvalue weighted by Gasteiger charge is 2.42. The van der Waals surface area contributed by atoms with Crippen molar-refractivity contribution in [1.82, 2.24) is 9.88 Å². The smallest absolute Gasteiger partial charge is 0.0952 e. The van der Waals surface area contributed by atoms with Gasteiger partial charge in [0.1, 0.15) is 0 Å². The third-order valence-corrected chi connectivity index (χ3v) is 5.77. The molecule has 5 rings (SSSR count). The highest BCUT2D eigenvalue weighted by atomic mass is 16.3. The summed E-state index contributed by atoms with van der Waals surface area (Å²) in [5.74, 6) is 1.26. The molecule has 1 aromatic heterocycles. The lowest BCUT2D eigenvalue weighted by atomic mass is 9.73. The number of nitrogens with zero attached hydrogens (tertiary/aromatic N) is 2. The van der Waals surface area contributed by atoms with Gasteiger partial charge in [0.2, 0.25) is 0 Å².